The van der Waals surface area contributed by atoms with Crippen molar-refractivity contribution < 1.29 is 14.6 Å². The Labute approximate surface area is 199 Å². The maximum absolute atomic E-state index is 12.6. The normalized spacial score (nSPS) is 11.0. The number of thiazole rings is 1. The van der Waals surface area contributed by atoms with Crippen LogP contribution in [-0.4, -0.2) is 44.6 Å². The zero-order valence-corrected chi connectivity index (χ0v) is 19.1. The first-order valence-corrected chi connectivity index (χ1v) is 11.5. The Kier molecular flexibility index (Phi) is 5.92. The van der Waals surface area contributed by atoms with Crippen LogP contribution in [0.2, 0.25) is 0 Å². The number of hydrogen-bond acceptors (Lipinski definition) is 7. The molecule has 1 amide bonds. The molecule has 34 heavy (non-hydrogen) atoms. The molecular formula is C25H21N5O3S. The van der Waals surface area contributed by atoms with Gasteiger partial charge in [-0.1, -0.05) is 6.07 Å². The molecule has 0 saturated carbocycles. The van der Waals surface area contributed by atoms with E-state index in [-0.39, 0.29) is 11.7 Å². The van der Waals surface area contributed by atoms with Crippen LogP contribution in [0.15, 0.2) is 66.3 Å². The molecule has 0 spiro atoms. The summed E-state index contributed by atoms with van der Waals surface area (Å²) in [7, 11) is 1.57. The van der Waals surface area contributed by atoms with Gasteiger partial charge in [0.2, 0.25) is 5.88 Å². The summed E-state index contributed by atoms with van der Waals surface area (Å²) in [5.41, 5.74) is 4.08. The molecule has 9 heteroatoms. The van der Waals surface area contributed by atoms with E-state index < -0.39 is 0 Å². The summed E-state index contributed by atoms with van der Waals surface area (Å²) in [6, 6.07) is 14.3. The summed E-state index contributed by atoms with van der Waals surface area (Å²) in [5.74, 6) is 0.912. The molecule has 0 saturated heterocycles. The number of aromatic hydroxyl groups is 1. The van der Waals surface area contributed by atoms with Gasteiger partial charge in [-0.3, -0.25) is 4.79 Å². The van der Waals surface area contributed by atoms with Gasteiger partial charge in [0.05, 0.1) is 28.7 Å². The number of aromatic nitrogens is 4. The first-order valence-electron chi connectivity index (χ1n) is 10.6. The minimum atomic E-state index is -0.170. The number of hydrogen-bond donors (Lipinski definition) is 3. The molecule has 3 aromatic heterocycles. The lowest BCUT2D eigenvalue weighted by molar-refractivity contribution is 0.0954. The van der Waals surface area contributed by atoms with E-state index in [1.165, 1.54) is 0 Å². The van der Waals surface area contributed by atoms with Gasteiger partial charge in [-0.25, -0.2) is 15.0 Å². The molecule has 5 aromatic rings. The number of fused-ring (bicyclic) bond motifs is 1. The highest BCUT2D eigenvalue weighted by atomic mass is 32.1. The average Bonchev–Trinajstić information content (AvgIpc) is 3.53. The quantitative estimate of drug-likeness (QED) is 0.324. The van der Waals surface area contributed by atoms with Crippen molar-refractivity contribution in [1.82, 2.24) is 25.3 Å². The molecule has 3 heterocycles. The maximum Gasteiger partial charge on any atom is 0.251 e. The number of rotatable bonds is 7. The number of benzene rings is 2. The Hall–Kier alpha value is -4.24. The number of phenolic OH excluding ortho intramolecular Hbond substituents is 1. The lowest BCUT2D eigenvalue weighted by atomic mass is 10.0. The van der Waals surface area contributed by atoms with Gasteiger partial charge in [-0.05, 0) is 48.0 Å². The molecule has 3 N–H and O–H groups in total. The summed E-state index contributed by atoms with van der Waals surface area (Å²) >= 11 is 1.57. The van der Waals surface area contributed by atoms with Crippen molar-refractivity contribution in [3.05, 3.63) is 76.9 Å². The largest absolute Gasteiger partial charge is 0.507 e. The van der Waals surface area contributed by atoms with Gasteiger partial charge >= 0.3 is 0 Å². The van der Waals surface area contributed by atoms with Crippen LogP contribution in [0.5, 0.6) is 11.6 Å². The van der Waals surface area contributed by atoms with E-state index in [2.05, 4.69) is 25.3 Å². The SMILES string of the molecule is COc1ncccc1-c1ccc(O)c(-c2nc3cc(C(=O)NCCc4nccs4)ccc3[nH]2)c1. The molecule has 0 radical (unpaired) electrons. The van der Waals surface area contributed by atoms with Crippen LogP contribution in [0.25, 0.3) is 33.5 Å². The van der Waals surface area contributed by atoms with E-state index in [0.717, 1.165) is 21.7 Å². The molecule has 2 aromatic carbocycles. The Morgan fingerprint density at radius 3 is 2.85 bits per heavy atom. The molecule has 0 aliphatic rings. The van der Waals surface area contributed by atoms with Crippen molar-refractivity contribution in [3.8, 4) is 34.1 Å². The Morgan fingerprint density at radius 2 is 2.03 bits per heavy atom. The smallest absolute Gasteiger partial charge is 0.251 e. The van der Waals surface area contributed by atoms with Gasteiger partial charge < -0.3 is 20.1 Å². The fraction of sp³-hybridized carbons (Fsp3) is 0.120. The second kappa shape index (κ2) is 9.32. The van der Waals surface area contributed by atoms with Gasteiger partial charge in [0.25, 0.3) is 5.91 Å². The third-order valence-corrected chi connectivity index (χ3v) is 6.22. The van der Waals surface area contributed by atoms with Crippen LogP contribution in [0.4, 0.5) is 0 Å². The predicted molar refractivity (Wildman–Crippen MR) is 131 cm³/mol. The molecule has 0 bridgehead atoms. The van der Waals surface area contributed by atoms with Crippen molar-refractivity contribution in [2.45, 2.75) is 6.42 Å². The van der Waals surface area contributed by atoms with Crippen LogP contribution >= 0.6 is 11.3 Å². The molecule has 0 unspecified atom stereocenters. The van der Waals surface area contributed by atoms with E-state index in [4.69, 9.17) is 4.74 Å². The van der Waals surface area contributed by atoms with Crippen LogP contribution in [0.3, 0.4) is 0 Å². The summed E-state index contributed by atoms with van der Waals surface area (Å²) in [6.45, 7) is 0.509. The lowest BCUT2D eigenvalue weighted by Crippen LogP contribution is -2.25. The van der Waals surface area contributed by atoms with Crippen LogP contribution in [0.1, 0.15) is 15.4 Å². The average molecular weight is 472 g/mol. The molecular weight excluding hydrogens is 450 g/mol. The number of carbonyl (C=O) groups excluding carboxylic acids is 1. The van der Waals surface area contributed by atoms with Crippen molar-refractivity contribution in [2.24, 2.45) is 0 Å². The summed E-state index contributed by atoms with van der Waals surface area (Å²) in [5, 5.41) is 16.4. The maximum atomic E-state index is 12.6. The van der Waals surface area contributed by atoms with Crippen molar-refractivity contribution in [1.29, 1.82) is 0 Å². The monoisotopic (exact) mass is 471 g/mol. The van der Waals surface area contributed by atoms with E-state index >= 15 is 0 Å². The number of imidazole rings is 1. The van der Waals surface area contributed by atoms with Crippen molar-refractivity contribution in [2.75, 3.05) is 13.7 Å². The molecule has 5 rings (SSSR count). The number of phenols is 1. The number of methoxy groups -OCH3 is 1. The van der Waals surface area contributed by atoms with Crippen LogP contribution in [0, 0.1) is 0 Å². The minimum Gasteiger partial charge on any atom is -0.507 e. The van der Waals surface area contributed by atoms with Crippen LogP contribution in [-0.2, 0) is 6.42 Å². The Morgan fingerprint density at radius 1 is 1.12 bits per heavy atom. The fourth-order valence-electron chi connectivity index (χ4n) is 3.70. The standard InChI is InChI=1S/C25H21N5O3S/c1-33-25-17(3-2-9-28-25)15-5-7-21(31)18(13-15)23-29-19-6-4-16(14-20(19)30-23)24(32)27-10-8-22-26-11-12-34-22/h2-7,9,11-14,31H,8,10H2,1H3,(H,27,32)(H,29,30). The summed E-state index contributed by atoms with van der Waals surface area (Å²) < 4.78 is 5.37. The van der Waals surface area contributed by atoms with Crippen molar-refractivity contribution in [3.63, 3.8) is 0 Å². The van der Waals surface area contributed by atoms with E-state index in [1.807, 2.05) is 29.6 Å². The Balaban J connectivity index is 1.41. The molecule has 0 fully saturated rings. The molecule has 0 aliphatic carbocycles. The third kappa shape index (κ3) is 4.33. The van der Waals surface area contributed by atoms with E-state index in [9.17, 15) is 9.90 Å². The molecule has 0 aliphatic heterocycles. The zero-order chi connectivity index (χ0) is 23.5. The van der Waals surface area contributed by atoms with E-state index in [0.29, 0.717) is 41.3 Å². The van der Waals surface area contributed by atoms with Gasteiger partial charge in [0.15, 0.2) is 0 Å². The summed E-state index contributed by atoms with van der Waals surface area (Å²) in [4.78, 5) is 28.9. The number of ether oxygens (including phenoxy) is 1. The number of aromatic amines is 1. The number of pyridine rings is 1. The zero-order valence-electron chi connectivity index (χ0n) is 18.3. The van der Waals surface area contributed by atoms with Gasteiger partial charge in [-0.2, -0.15) is 0 Å². The number of nitrogens with one attached hydrogen (secondary N) is 2. The highest BCUT2D eigenvalue weighted by molar-refractivity contribution is 7.09. The van der Waals surface area contributed by atoms with E-state index in [1.54, 1.807) is 55.1 Å². The van der Waals surface area contributed by atoms with Crippen LogP contribution < -0.4 is 10.1 Å². The fourth-order valence-corrected chi connectivity index (χ4v) is 4.32. The van der Waals surface area contributed by atoms with Crippen molar-refractivity contribution >= 4 is 28.3 Å². The van der Waals surface area contributed by atoms with Gasteiger partial charge in [0.1, 0.15) is 11.6 Å². The van der Waals surface area contributed by atoms with Gasteiger partial charge in [0, 0.05) is 41.9 Å². The highest BCUT2D eigenvalue weighted by Gasteiger charge is 2.15. The second-order valence-corrected chi connectivity index (χ2v) is 8.52. The summed E-state index contributed by atoms with van der Waals surface area (Å²) in [6.07, 6.45) is 4.11. The van der Waals surface area contributed by atoms with Gasteiger partial charge in [-0.15, -0.1) is 11.3 Å². The Bertz CT molecular complexity index is 1460. The topological polar surface area (TPSA) is 113 Å². The molecule has 8 nitrogen and oxygen atoms in total. The third-order valence-electron chi connectivity index (χ3n) is 5.38. The minimum absolute atomic E-state index is 0.0887. The number of nitrogens with zero attached hydrogens (tertiary/aromatic N) is 3. The number of H-pyrrole nitrogens is 1. The molecule has 170 valence electrons. The lowest BCUT2D eigenvalue weighted by Gasteiger charge is -2.09. The first-order chi connectivity index (χ1) is 16.6. The molecule has 0 atom stereocenters. The first kappa shape index (κ1) is 21.6. The second-order valence-electron chi connectivity index (χ2n) is 7.54. The highest BCUT2D eigenvalue weighted by Crippen LogP contribution is 2.35. The number of amides is 1. The predicted octanol–water partition coefficient (Wildman–Crippen LogP) is 4.44. The number of carbonyl (C=O) groups is 1.